The fourth-order valence-electron chi connectivity index (χ4n) is 10.8. The molecule has 0 spiro atoms. The van der Waals surface area contributed by atoms with E-state index in [0.717, 1.165) is 28.1 Å². The molecule has 10 rings (SSSR count). The van der Waals surface area contributed by atoms with Crippen LogP contribution in [0.2, 0.25) is 0 Å². The van der Waals surface area contributed by atoms with Gasteiger partial charge in [-0.3, -0.25) is 0 Å². The van der Waals surface area contributed by atoms with E-state index in [1.165, 1.54) is 55.6 Å². The highest BCUT2D eigenvalue weighted by atomic mass is 15.1. The van der Waals surface area contributed by atoms with Crippen LogP contribution in [0.15, 0.2) is 152 Å². The fraction of sp³-hybridized carbons (Fsp3) is 0.263. The first-order valence-corrected chi connectivity index (χ1v) is 20.9. The summed E-state index contributed by atoms with van der Waals surface area (Å²) in [7, 11) is 0. The molecule has 58 heavy (non-hydrogen) atoms. The molecule has 0 amide bonds. The summed E-state index contributed by atoms with van der Waals surface area (Å²) in [6.45, 7) is 23.0. The molecule has 0 N–H and O–H groups in total. The van der Waals surface area contributed by atoms with Gasteiger partial charge in [0.25, 0.3) is 0 Å². The maximum atomic E-state index is 10.0. The van der Waals surface area contributed by atoms with Crippen molar-refractivity contribution in [2.45, 2.75) is 90.9 Å². The van der Waals surface area contributed by atoms with Gasteiger partial charge in [0, 0.05) is 27.9 Å². The topological polar surface area (TPSA) is 3.24 Å². The molecule has 0 unspecified atom stereocenters. The fourth-order valence-corrected chi connectivity index (χ4v) is 10.8. The van der Waals surface area contributed by atoms with Crippen LogP contribution >= 0.6 is 0 Å². The van der Waals surface area contributed by atoms with Crippen LogP contribution in [0.5, 0.6) is 0 Å². The summed E-state index contributed by atoms with van der Waals surface area (Å²) in [5, 5.41) is 0. The monoisotopic (exact) mass is 757 g/mol. The molecule has 7 aromatic rings. The van der Waals surface area contributed by atoms with Gasteiger partial charge in [0.15, 0.2) is 0 Å². The van der Waals surface area contributed by atoms with Crippen molar-refractivity contribution in [2.24, 2.45) is 5.41 Å². The highest BCUT2D eigenvalue weighted by molar-refractivity contribution is 5.90. The van der Waals surface area contributed by atoms with Gasteiger partial charge in [-0.25, -0.2) is 0 Å². The van der Waals surface area contributed by atoms with Gasteiger partial charge < -0.3 is 4.90 Å². The molecule has 0 saturated carbocycles. The zero-order valence-electron chi connectivity index (χ0n) is 39.6. The number of benzene rings is 7. The Morgan fingerprint density at radius 3 is 1.24 bits per heavy atom. The molecular weight excluding hydrogens is 699 g/mol. The molecule has 0 aromatic heterocycles. The van der Waals surface area contributed by atoms with Gasteiger partial charge in [0.05, 0.1) is 5.48 Å². The third kappa shape index (κ3) is 4.89. The molecule has 0 saturated heterocycles. The predicted octanol–water partition coefficient (Wildman–Crippen LogP) is 15.7. The van der Waals surface area contributed by atoms with Gasteiger partial charge in [0.1, 0.15) is 0 Å². The Hall–Kier alpha value is -5.66. The van der Waals surface area contributed by atoms with Gasteiger partial charge in [-0.05, 0) is 143 Å². The normalized spacial score (nSPS) is 18.8. The largest absolute Gasteiger partial charge is 0.310 e. The van der Waals surface area contributed by atoms with E-state index in [2.05, 4.69) is 178 Å². The van der Waals surface area contributed by atoms with Crippen molar-refractivity contribution >= 4 is 17.1 Å². The number of fused-ring (bicyclic) bond motifs is 7. The van der Waals surface area contributed by atoms with Gasteiger partial charge in [-0.2, -0.15) is 0 Å². The van der Waals surface area contributed by atoms with E-state index in [0.29, 0.717) is 5.56 Å². The zero-order chi connectivity index (χ0) is 44.1. The Morgan fingerprint density at radius 1 is 0.345 bits per heavy atom. The molecule has 1 nitrogen and oxygen atoms in total. The molecule has 7 aromatic carbocycles. The minimum Gasteiger partial charge on any atom is -0.310 e. The van der Waals surface area contributed by atoms with Crippen LogP contribution < -0.4 is 4.90 Å². The van der Waals surface area contributed by atoms with E-state index in [9.17, 15) is 5.48 Å². The minimum atomic E-state index is -0.286. The average Bonchev–Trinajstić information content (AvgIpc) is 3.67. The number of hydrogen-bond donors (Lipinski definition) is 0. The van der Waals surface area contributed by atoms with Gasteiger partial charge in [-0.15, -0.1) is 0 Å². The van der Waals surface area contributed by atoms with Crippen molar-refractivity contribution < 1.29 is 5.48 Å². The van der Waals surface area contributed by atoms with E-state index in [1.807, 2.05) is 23.1 Å². The zero-order valence-corrected chi connectivity index (χ0v) is 35.6. The first-order chi connectivity index (χ1) is 29.2. The Morgan fingerprint density at radius 2 is 0.759 bits per heavy atom. The van der Waals surface area contributed by atoms with Crippen molar-refractivity contribution in [1.82, 2.24) is 0 Å². The van der Waals surface area contributed by atoms with Gasteiger partial charge in [0.2, 0.25) is 0 Å². The molecule has 0 aliphatic heterocycles. The van der Waals surface area contributed by atoms with Crippen LogP contribution in [-0.4, -0.2) is 0 Å². The second-order valence-corrected chi connectivity index (χ2v) is 19.5. The SMILES string of the molecule is [2H]c1c([2H])c(N(c2ccc3c(c2)C(C)(C)c2ccccc2-3)c2ccc3c(c2)C(C)(C)c2ccccc2-3)c([2H])c([2H])c1-c1cc2c(cc1-c1ccccc1)C(C)(C)C(C)(C)C2(C)C. The smallest absolute Gasteiger partial charge is 0.0645 e. The predicted molar refractivity (Wildman–Crippen MR) is 247 cm³/mol. The lowest BCUT2D eigenvalue weighted by atomic mass is 9.59. The summed E-state index contributed by atoms with van der Waals surface area (Å²) >= 11 is 0. The third-order valence-corrected chi connectivity index (χ3v) is 15.5. The quantitative estimate of drug-likeness (QED) is 0.169. The highest BCUT2D eigenvalue weighted by Crippen LogP contribution is 2.63. The molecule has 0 atom stereocenters. The summed E-state index contributed by atoms with van der Waals surface area (Å²) in [6, 6.07) is 44.5. The van der Waals surface area contributed by atoms with Crippen molar-refractivity contribution in [2.75, 3.05) is 4.90 Å². The van der Waals surface area contributed by atoms with Crippen molar-refractivity contribution in [3.8, 4) is 44.5 Å². The molecule has 0 fully saturated rings. The summed E-state index contributed by atoms with van der Waals surface area (Å²) in [5.41, 5.74) is 15.8. The average molecular weight is 758 g/mol. The van der Waals surface area contributed by atoms with E-state index in [1.54, 1.807) is 0 Å². The van der Waals surface area contributed by atoms with E-state index >= 15 is 0 Å². The molecule has 288 valence electrons. The summed E-state index contributed by atoms with van der Waals surface area (Å²) in [4.78, 5) is 1.98. The van der Waals surface area contributed by atoms with Gasteiger partial charge in [-0.1, -0.05) is 172 Å². The lowest BCUT2D eigenvalue weighted by molar-refractivity contribution is 0.125. The first kappa shape index (κ1) is 32.3. The number of hydrogen-bond acceptors (Lipinski definition) is 1. The highest BCUT2D eigenvalue weighted by Gasteiger charge is 2.57. The molecule has 1 heteroatoms. The van der Waals surface area contributed by atoms with Crippen LogP contribution in [0.25, 0.3) is 44.5 Å². The molecule has 0 radical (unpaired) electrons. The molecule has 3 aliphatic carbocycles. The van der Waals surface area contributed by atoms with E-state index in [-0.39, 0.29) is 56.9 Å². The Balaban J connectivity index is 1.23. The number of nitrogens with zero attached hydrogens (tertiary/aromatic N) is 1. The number of anilines is 3. The minimum absolute atomic E-state index is 0.0553. The van der Waals surface area contributed by atoms with Gasteiger partial charge >= 0.3 is 0 Å². The van der Waals surface area contributed by atoms with Crippen LogP contribution in [0.3, 0.4) is 0 Å². The lowest BCUT2D eigenvalue weighted by Gasteiger charge is -2.44. The van der Waals surface area contributed by atoms with Crippen molar-refractivity contribution in [3.05, 3.63) is 185 Å². The van der Waals surface area contributed by atoms with Crippen LogP contribution in [0.1, 0.15) is 108 Å². The summed E-state index contributed by atoms with van der Waals surface area (Å²) in [6.07, 6.45) is 0. The lowest BCUT2D eigenvalue weighted by Crippen LogP contribution is -2.42. The number of rotatable bonds is 5. The standard InChI is InChI=1S/C57H55N/c1-53(2)47-22-16-14-20-41(47)43-30-28-39(32-49(43)53)58(40-29-31-44-42-21-15-17-23-48(42)54(3,4)50(44)33-40)38-26-24-37(25-27-38)46-35-52-51(34-45(46)36-18-12-11-13-19-36)55(5,6)57(9,10)56(52,7)8/h11-35H,1-10H3/i24D,25D,26D,27D. The Kier molecular flexibility index (Phi) is 6.79. The van der Waals surface area contributed by atoms with E-state index < -0.39 is 0 Å². The molecular formula is C57H55N. The molecule has 3 aliphatic rings. The van der Waals surface area contributed by atoms with Crippen LogP contribution in [-0.2, 0) is 21.7 Å². The third-order valence-electron chi connectivity index (χ3n) is 15.5. The second kappa shape index (κ2) is 12.2. The Labute approximate surface area is 352 Å². The van der Waals surface area contributed by atoms with E-state index in [4.69, 9.17) is 0 Å². The maximum Gasteiger partial charge on any atom is 0.0645 e. The summed E-state index contributed by atoms with van der Waals surface area (Å²) < 4.78 is 40.0. The molecule has 0 bridgehead atoms. The maximum absolute atomic E-state index is 10.0. The Bertz CT molecular complexity index is 2900. The van der Waals surface area contributed by atoms with Crippen molar-refractivity contribution in [1.29, 1.82) is 0 Å². The summed E-state index contributed by atoms with van der Waals surface area (Å²) in [5.74, 6) is 0. The van der Waals surface area contributed by atoms with Crippen molar-refractivity contribution in [3.63, 3.8) is 0 Å². The first-order valence-electron chi connectivity index (χ1n) is 22.9. The second-order valence-electron chi connectivity index (χ2n) is 19.5. The van der Waals surface area contributed by atoms with Crippen LogP contribution in [0, 0.1) is 5.41 Å². The van der Waals surface area contributed by atoms with Crippen LogP contribution in [0.4, 0.5) is 17.1 Å². The molecule has 0 heterocycles.